The third kappa shape index (κ3) is 26.6. The van der Waals surface area contributed by atoms with Crippen LogP contribution in [0.4, 0.5) is 62.6 Å². The fourth-order valence-corrected chi connectivity index (χ4v) is 14.3. The van der Waals surface area contributed by atoms with Crippen molar-refractivity contribution in [3.8, 4) is 0 Å². The summed E-state index contributed by atoms with van der Waals surface area (Å²) in [5.74, 6) is -8.28. The summed E-state index contributed by atoms with van der Waals surface area (Å²) in [7, 11) is 9.11. The second kappa shape index (κ2) is 47.2. The molecule has 0 saturated carbocycles. The van der Waals surface area contributed by atoms with Crippen molar-refractivity contribution < 1.29 is 103 Å². The molecule has 6 aromatic rings. The Hall–Kier alpha value is -12.4. The number of halogens is 6. The van der Waals surface area contributed by atoms with Crippen LogP contribution < -0.4 is 43.0 Å². The van der Waals surface area contributed by atoms with Gasteiger partial charge in [0.1, 0.15) is 6.04 Å². The van der Waals surface area contributed by atoms with Gasteiger partial charge in [-0.1, -0.05) is 66.7 Å². The first-order chi connectivity index (χ1) is 59.0. The van der Waals surface area contributed by atoms with E-state index in [1.807, 2.05) is 36.1 Å². The number of nitro benzene ring substituents is 2. The first kappa shape index (κ1) is 96.1. The van der Waals surface area contributed by atoms with E-state index in [9.17, 15) is 85.2 Å². The minimum absolute atomic E-state index is 0.0241. The molecule has 0 spiro atoms. The minimum atomic E-state index is -1.37. The molecule has 123 heavy (non-hydrogen) atoms. The molecule has 3 atom stereocenters. The summed E-state index contributed by atoms with van der Waals surface area (Å²) in [4.78, 5) is 115. The molecule has 0 aromatic heterocycles. The number of amides is 8. The van der Waals surface area contributed by atoms with Crippen LogP contribution >= 0.6 is 0 Å². The van der Waals surface area contributed by atoms with Crippen LogP contribution in [0.5, 0.6) is 0 Å². The van der Waals surface area contributed by atoms with Gasteiger partial charge in [0.2, 0.25) is 0 Å². The number of hydrogen-bond acceptors (Lipinski definition) is 23. The number of likely N-dealkylation sites (tertiary alicyclic amines) is 1. The Labute approximate surface area is 706 Å². The Morgan fingerprint density at radius 3 is 1.43 bits per heavy atom. The van der Waals surface area contributed by atoms with Gasteiger partial charge in [0.05, 0.1) is 96.9 Å². The van der Waals surface area contributed by atoms with Crippen LogP contribution in [0.3, 0.4) is 0 Å². The lowest BCUT2D eigenvalue weighted by molar-refractivity contribution is -0.385. The zero-order chi connectivity index (χ0) is 89.6. The van der Waals surface area contributed by atoms with Gasteiger partial charge in [0.25, 0.3) is 11.4 Å². The van der Waals surface area contributed by atoms with Crippen molar-refractivity contribution in [2.45, 2.75) is 69.4 Å². The number of nitrogens with two attached hydrogens (primary N) is 1. The molecule has 6 aromatic carbocycles. The minimum Gasteiger partial charge on any atom is -0.466 e. The smallest absolute Gasteiger partial charge is 0.376 e. The highest BCUT2D eigenvalue weighted by atomic mass is 19.2. The maximum absolute atomic E-state index is 14.2. The number of ether oxygens (including phenoxy) is 6. The standard InChI is InChI=1S/C30H37F2N5O5.2C14H14F2N2O4.C14H19N3O2.C12H15BN2O3/c1-33-22-7-4-6-20(16-22)19-10-14-36(15-11-19)13-5-12-34-29(39)37-27(21-8-9-23(31)24(32)17-21)26(28(38)42-3)25(18-41-2)35-30(37)40;2*1-21-6-10-11(13(19)22-2)12(18-14(20)17-10)7-3-4-8(15)9(16)5-7;15-7-2-8-16-9-5-12(6-10-16)13-3-1-4-14(11-13)17(18)19;1-13(16)14-7-5-10(6-8-14)11-3-2-4-12(9-11)15(17)18/h4,6-9,16-17,19,27,33H,5,10-15,18H2,1-3H3,(H,34,39)(H,35,40);2*3-5,12H,6H2,1-2H3,(H2,17,18,20);1,3-5,11H,2,6-10,15H2;2-5,9,16H,6-8H2,1H3/t;2*12-;;/m.10../s1. The molecule has 1 unspecified atom stereocenters. The lowest BCUT2D eigenvalue weighted by Crippen LogP contribution is -2.55. The maximum Gasteiger partial charge on any atom is 0.376 e. The number of esters is 3. The molecule has 658 valence electrons. The number of nitrogens with one attached hydrogen (secondary N) is 7. The quantitative estimate of drug-likeness (QED) is 0.00463. The predicted molar refractivity (Wildman–Crippen MR) is 443 cm³/mol. The summed E-state index contributed by atoms with van der Waals surface area (Å²) in [5, 5.41) is 49.2. The number of nitro groups is 2. The molecule has 10 N–H and O–H groups in total. The van der Waals surface area contributed by atoms with Crippen molar-refractivity contribution in [3.63, 3.8) is 0 Å². The van der Waals surface area contributed by atoms with Crippen LogP contribution in [-0.2, 0) is 42.8 Å². The van der Waals surface area contributed by atoms with Crippen molar-refractivity contribution in [1.29, 1.82) is 0 Å². The molecule has 12 rings (SSSR count). The van der Waals surface area contributed by atoms with Gasteiger partial charge in [-0.25, -0.2) is 64.8 Å². The molecule has 6 heterocycles. The van der Waals surface area contributed by atoms with Crippen LogP contribution in [0, 0.1) is 55.1 Å². The summed E-state index contributed by atoms with van der Waals surface area (Å²) < 4.78 is 110. The van der Waals surface area contributed by atoms with Crippen LogP contribution in [0.15, 0.2) is 173 Å². The van der Waals surface area contributed by atoms with Gasteiger partial charge in [0, 0.05) is 84.5 Å². The van der Waals surface area contributed by atoms with Crippen molar-refractivity contribution >= 4 is 77.3 Å². The van der Waals surface area contributed by atoms with Gasteiger partial charge >= 0.3 is 49.1 Å². The van der Waals surface area contributed by atoms with E-state index < -0.39 is 102 Å². The molecule has 6 aliphatic rings. The number of methoxy groups -OCH3 is 6. The topological polar surface area (TPSA) is 405 Å². The highest BCUT2D eigenvalue weighted by Crippen LogP contribution is 2.38. The summed E-state index contributed by atoms with van der Waals surface area (Å²) in [5.41, 5.74) is 13.3. The SMILES string of the molecule is CB(O)N1CC=C(c2cccc([N+](=O)[O-])c2)CC1.CNc1cccc(C2CCN(CCCNC(=O)N3C(=O)NC(COC)=C(C(=O)OC)C3c3ccc(F)c(F)c3)CC2)c1.COCC1=C(C(=O)OC)[C@@H](c2ccc(F)c(F)c2)NC(=O)N1.COCC1=C(C(=O)OC)[C@H](c2ccc(F)c(F)c2)NC(=O)N1.NCCCN1CC=C(c2cccc([N+](=O)[O-])c2)CC1. The molecule has 32 nitrogen and oxygen atoms in total. The maximum atomic E-state index is 14.2. The third-order valence-electron chi connectivity index (χ3n) is 20.5. The predicted octanol–water partition coefficient (Wildman–Crippen LogP) is 10.7. The summed E-state index contributed by atoms with van der Waals surface area (Å²) in [6.07, 6.45) is 9.64. The number of anilines is 1. The highest BCUT2D eigenvalue weighted by Gasteiger charge is 2.44. The third-order valence-corrected chi connectivity index (χ3v) is 20.5. The van der Waals surface area contributed by atoms with Gasteiger partial charge in [-0.15, -0.1) is 0 Å². The lowest BCUT2D eigenvalue weighted by atomic mass is 9.82. The summed E-state index contributed by atoms with van der Waals surface area (Å²) in [6, 6.07) is 25.1. The van der Waals surface area contributed by atoms with Crippen LogP contribution in [-0.4, -0.2) is 218 Å². The number of rotatable bonds is 26. The molecule has 8 amide bonds. The number of carbonyl (C=O) groups is 7. The number of imide groups is 1. The van der Waals surface area contributed by atoms with Gasteiger partial charge in [-0.2, -0.15) is 0 Å². The van der Waals surface area contributed by atoms with Gasteiger partial charge in [-0.05, 0) is 184 Å². The molecule has 39 heteroatoms. The molecule has 0 bridgehead atoms. The highest BCUT2D eigenvalue weighted by molar-refractivity contribution is 6.45. The van der Waals surface area contributed by atoms with E-state index in [0.29, 0.717) is 18.9 Å². The Morgan fingerprint density at radius 1 is 0.545 bits per heavy atom. The average Bonchev–Trinajstić information content (AvgIpc) is 0.752. The first-order valence-electron chi connectivity index (χ1n) is 39.0. The van der Waals surface area contributed by atoms with E-state index in [1.165, 1.54) is 77.0 Å². The van der Waals surface area contributed by atoms with Crippen molar-refractivity contribution in [2.24, 2.45) is 5.73 Å². The summed E-state index contributed by atoms with van der Waals surface area (Å²) in [6.45, 7) is 9.45. The zero-order valence-corrected chi connectivity index (χ0v) is 69.0. The number of urea groups is 4. The van der Waals surface area contributed by atoms with Crippen molar-refractivity contribution in [2.75, 3.05) is 140 Å². The van der Waals surface area contributed by atoms with Gasteiger partial charge in [-0.3, -0.25) is 25.1 Å². The second-order valence-corrected chi connectivity index (χ2v) is 28.5. The Balaban J connectivity index is 0.000000200. The second-order valence-electron chi connectivity index (χ2n) is 28.5. The van der Waals surface area contributed by atoms with Gasteiger partial charge in [0.15, 0.2) is 34.9 Å². The zero-order valence-electron chi connectivity index (χ0n) is 69.0. The van der Waals surface area contributed by atoms with Crippen LogP contribution in [0.25, 0.3) is 11.1 Å². The number of nitrogens with zero attached hydrogens (tertiary/aromatic N) is 6. The Bertz CT molecular complexity index is 4840. The lowest BCUT2D eigenvalue weighted by Gasteiger charge is -2.36. The number of piperidine rings is 1. The van der Waals surface area contributed by atoms with Crippen LogP contribution in [0.1, 0.15) is 95.9 Å². The van der Waals surface area contributed by atoms with E-state index in [1.54, 1.807) is 31.1 Å². The number of benzene rings is 6. The molecule has 6 aliphatic heterocycles. The fourth-order valence-electron chi connectivity index (χ4n) is 14.3. The Morgan fingerprint density at radius 2 is 1.00 bits per heavy atom. The Kier molecular flexibility index (Phi) is 36.8. The van der Waals surface area contributed by atoms with Crippen molar-refractivity contribution in [1.82, 2.24) is 51.4 Å². The molecular weight excluding hydrogens is 1620 g/mol. The molecule has 0 aliphatic carbocycles. The number of hydrogen-bond donors (Lipinski definition) is 9. The molecular formula is C84H99BF6N14O18. The van der Waals surface area contributed by atoms with Crippen molar-refractivity contribution in [3.05, 3.63) is 262 Å². The largest absolute Gasteiger partial charge is 0.466 e. The first-order valence-corrected chi connectivity index (χ1v) is 39.0. The van der Waals surface area contributed by atoms with Crippen LogP contribution in [0.2, 0.25) is 6.82 Å². The molecule has 1 saturated heterocycles. The monoisotopic (exact) mass is 1720 g/mol. The number of non-ortho nitro benzene ring substituents is 2. The van der Waals surface area contributed by atoms with E-state index in [0.717, 1.165) is 155 Å². The van der Waals surface area contributed by atoms with E-state index >= 15 is 0 Å². The van der Waals surface area contributed by atoms with E-state index in [-0.39, 0.29) is 98.1 Å². The molecule has 1 fully saturated rings. The molecule has 0 radical (unpaired) electrons. The number of carbonyl (C=O) groups excluding carboxylic acids is 7. The fraction of sp³-hybridized carbons (Fsp3) is 0.369. The average molecular weight is 1720 g/mol. The van der Waals surface area contributed by atoms with Gasteiger partial charge < -0.3 is 86.1 Å². The van der Waals surface area contributed by atoms with E-state index in [4.69, 9.17) is 34.2 Å². The normalized spacial score (nSPS) is 17.4. The summed E-state index contributed by atoms with van der Waals surface area (Å²) >= 11 is 0. The van der Waals surface area contributed by atoms with E-state index in [2.05, 4.69) is 71.3 Å².